The monoisotopic (exact) mass is 320 g/mol. The number of halogens is 1. The Hall–Kier alpha value is -1.92. The van der Waals surface area contributed by atoms with Crippen LogP contribution in [0.3, 0.4) is 0 Å². The topological polar surface area (TPSA) is 80.0 Å². The molecule has 1 heterocycles. The van der Waals surface area contributed by atoms with E-state index < -0.39 is 0 Å². The molecule has 0 unspecified atom stereocenters. The molecule has 0 aliphatic carbocycles. The van der Waals surface area contributed by atoms with Crippen LogP contribution in [0.5, 0.6) is 0 Å². The van der Waals surface area contributed by atoms with Crippen LogP contribution in [0.4, 0.5) is 11.4 Å². The Kier molecular flexibility index (Phi) is 4.13. The third-order valence-corrected chi connectivity index (χ3v) is 3.02. The summed E-state index contributed by atoms with van der Waals surface area (Å²) in [7, 11) is 0. The van der Waals surface area contributed by atoms with Gasteiger partial charge in [0.25, 0.3) is 5.91 Å². The van der Waals surface area contributed by atoms with E-state index in [9.17, 15) is 4.79 Å². The van der Waals surface area contributed by atoms with Crippen molar-refractivity contribution in [2.24, 2.45) is 5.84 Å². The van der Waals surface area contributed by atoms with Gasteiger partial charge in [-0.25, -0.2) is 0 Å². The number of pyridine rings is 1. The maximum Gasteiger partial charge on any atom is 0.259 e. The highest BCUT2D eigenvalue weighted by Crippen LogP contribution is 2.19. The Labute approximate surface area is 119 Å². The van der Waals surface area contributed by atoms with E-state index in [0.717, 1.165) is 10.2 Å². The first-order chi connectivity index (χ1) is 9.10. The first kappa shape index (κ1) is 13.5. The number of benzene rings is 1. The second kappa shape index (κ2) is 5.81. The van der Waals surface area contributed by atoms with Gasteiger partial charge in [-0.2, -0.15) is 0 Å². The predicted octanol–water partition coefficient (Wildman–Crippen LogP) is 2.69. The summed E-state index contributed by atoms with van der Waals surface area (Å²) in [5.41, 5.74) is 4.92. The largest absolute Gasteiger partial charge is 0.323 e. The summed E-state index contributed by atoms with van der Waals surface area (Å²) in [5, 5.41) is 2.79. The molecule has 0 atom stereocenters. The third-order valence-electron chi connectivity index (χ3n) is 2.52. The molecule has 0 aliphatic heterocycles. The first-order valence-corrected chi connectivity index (χ1v) is 6.39. The molecule has 0 bridgehead atoms. The number of hydrogen-bond donors (Lipinski definition) is 3. The number of amides is 1. The highest BCUT2D eigenvalue weighted by atomic mass is 79.9. The van der Waals surface area contributed by atoms with Gasteiger partial charge in [0, 0.05) is 22.1 Å². The Morgan fingerprint density at radius 1 is 1.37 bits per heavy atom. The van der Waals surface area contributed by atoms with Crippen molar-refractivity contribution in [1.82, 2.24) is 4.98 Å². The van der Waals surface area contributed by atoms with E-state index >= 15 is 0 Å². The third kappa shape index (κ3) is 3.30. The van der Waals surface area contributed by atoms with Crippen LogP contribution in [-0.4, -0.2) is 10.9 Å². The molecule has 0 fully saturated rings. The maximum atomic E-state index is 12.2. The van der Waals surface area contributed by atoms with Crippen LogP contribution in [0.15, 0.2) is 41.0 Å². The molecule has 5 nitrogen and oxygen atoms in total. The first-order valence-electron chi connectivity index (χ1n) is 5.60. The molecule has 0 radical (unpaired) electrons. The molecular formula is C13H13BrN4O. The Balaban J connectivity index is 2.25. The van der Waals surface area contributed by atoms with Crippen LogP contribution >= 0.6 is 15.9 Å². The number of hydrogen-bond acceptors (Lipinski definition) is 4. The molecule has 4 N–H and O–H groups in total. The number of aryl methyl sites for hydroxylation is 1. The molecular weight excluding hydrogens is 308 g/mol. The second-order valence-corrected chi connectivity index (χ2v) is 4.90. The van der Waals surface area contributed by atoms with Crippen molar-refractivity contribution in [3.05, 3.63) is 52.3 Å². The van der Waals surface area contributed by atoms with Crippen LogP contribution in [0.1, 0.15) is 16.1 Å². The minimum absolute atomic E-state index is 0.265. The minimum Gasteiger partial charge on any atom is -0.323 e. The number of carbonyl (C=O) groups is 1. The quantitative estimate of drug-likeness (QED) is 0.600. The average Bonchev–Trinajstić information content (AvgIpc) is 2.38. The van der Waals surface area contributed by atoms with Gasteiger partial charge in [-0.1, -0.05) is 22.0 Å². The number of hydrazine groups is 1. The summed E-state index contributed by atoms with van der Waals surface area (Å²) in [6.45, 7) is 1.83. The van der Waals surface area contributed by atoms with Crippen molar-refractivity contribution in [2.75, 3.05) is 10.7 Å². The van der Waals surface area contributed by atoms with E-state index in [1.165, 1.54) is 6.20 Å². The zero-order valence-corrected chi connectivity index (χ0v) is 11.9. The van der Waals surface area contributed by atoms with E-state index in [-0.39, 0.29) is 5.91 Å². The summed E-state index contributed by atoms with van der Waals surface area (Å²) >= 11 is 3.35. The molecule has 1 aromatic carbocycles. The lowest BCUT2D eigenvalue weighted by atomic mass is 10.2. The normalized spacial score (nSPS) is 10.1. The standard InChI is InChI=1S/C13H13BrN4O/c1-8-5-12(18-15)11(7-16-8)13(19)17-10-4-2-3-9(14)6-10/h2-7H,15H2,1H3,(H,16,18)(H,17,19). The van der Waals surface area contributed by atoms with Crippen LogP contribution in [0.25, 0.3) is 0 Å². The van der Waals surface area contributed by atoms with Gasteiger partial charge in [-0.3, -0.25) is 15.6 Å². The lowest BCUT2D eigenvalue weighted by Crippen LogP contribution is -2.18. The van der Waals surface area contributed by atoms with Gasteiger partial charge in [0.05, 0.1) is 11.3 Å². The molecule has 1 aromatic heterocycles. The Bertz CT molecular complexity index is 615. The van der Waals surface area contributed by atoms with Gasteiger partial charge in [0.15, 0.2) is 0 Å². The van der Waals surface area contributed by atoms with Gasteiger partial charge < -0.3 is 10.7 Å². The zero-order chi connectivity index (χ0) is 13.8. The number of nitrogens with zero attached hydrogens (tertiary/aromatic N) is 1. The van der Waals surface area contributed by atoms with Gasteiger partial charge >= 0.3 is 0 Å². The maximum absolute atomic E-state index is 12.2. The van der Waals surface area contributed by atoms with Crippen molar-refractivity contribution in [3.63, 3.8) is 0 Å². The van der Waals surface area contributed by atoms with Crippen LogP contribution < -0.4 is 16.6 Å². The van der Waals surface area contributed by atoms with E-state index in [0.29, 0.717) is 16.9 Å². The Morgan fingerprint density at radius 2 is 2.16 bits per heavy atom. The molecule has 2 rings (SSSR count). The van der Waals surface area contributed by atoms with Crippen LogP contribution in [-0.2, 0) is 0 Å². The van der Waals surface area contributed by atoms with Crippen molar-refractivity contribution >= 4 is 33.2 Å². The minimum atomic E-state index is -0.265. The summed E-state index contributed by atoms with van der Waals surface area (Å²) in [4.78, 5) is 16.3. The molecule has 98 valence electrons. The average molecular weight is 321 g/mol. The number of anilines is 2. The van der Waals surface area contributed by atoms with Crippen LogP contribution in [0, 0.1) is 6.92 Å². The number of nitrogens with two attached hydrogens (primary N) is 1. The fraction of sp³-hybridized carbons (Fsp3) is 0.0769. The van der Waals surface area contributed by atoms with E-state index in [4.69, 9.17) is 5.84 Å². The summed E-state index contributed by atoms with van der Waals surface area (Å²) in [6, 6.07) is 9.07. The highest BCUT2D eigenvalue weighted by Gasteiger charge is 2.12. The lowest BCUT2D eigenvalue weighted by Gasteiger charge is -2.10. The van der Waals surface area contributed by atoms with E-state index in [2.05, 4.69) is 31.7 Å². The number of nitrogens with one attached hydrogen (secondary N) is 2. The molecule has 1 amide bonds. The van der Waals surface area contributed by atoms with Gasteiger partial charge in [-0.05, 0) is 31.2 Å². The molecule has 2 aromatic rings. The fourth-order valence-electron chi connectivity index (χ4n) is 1.62. The second-order valence-electron chi connectivity index (χ2n) is 3.98. The summed E-state index contributed by atoms with van der Waals surface area (Å²) in [5.74, 6) is 5.14. The molecule has 0 aliphatic rings. The number of nitrogen functional groups attached to an aromatic ring is 1. The smallest absolute Gasteiger partial charge is 0.259 e. The molecule has 0 saturated carbocycles. The lowest BCUT2D eigenvalue weighted by molar-refractivity contribution is 0.102. The summed E-state index contributed by atoms with van der Waals surface area (Å²) in [6.07, 6.45) is 1.50. The van der Waals surface area contributed by atoms with Crippen molar-refractivity contribution < 1.29 is 4.79 Å². The van der Waals surface area contributed by atoms with Gasteiger partial charge in [-0.15, -0.1) is 0 Å². The zero-order valence-electron chi connectivity index (χ0n) is 10.3. The molecule has 0 saturated heterocycles. The highest BCUT2D eigenvalue weighted by molar-refractivity contribution is 9.10. The molecule has 0 spiro atoms. The Morgan fingerprint density at radius 3 is 2.84 bits per heavy atom. The SMILES string of the molecule is Cc1cc(NN)c(C(=O)Nc2cccc(Br)c2)cn1. The van der Waals surface area contributed by atoms with E-state index in [1.807, 2.05) is 25.1 Å². The number of rotatable bonds is 3. The van der Waals surface area contributed by atoms with Crippen molar-refractivity contribution in [3.8, 4) is 0 Å². The molecule has 19 heavy (non-hydrogen) atoms. The number of aromatic nitrogens is 1. The van der Waals surface area contributed by atoms with Crippen LogP contribution in [0.2, 0.25) is 0 Å². The van der Waals surface area contributed by atoms with Crippen molar-refractivity contribution in [1.29, 1.82) is 0 Å². The van der Waals surface area contributed by atoms with Gasteiger partial charge in [0.1, 0.15) is 0 Å². The fourth-order valence-corrected chi connectivity index (χ4v) is 2.02. The van der Waals surface area contributed by atoms with Gasteiger partial charge in [0.2, 0.25) is 0 Å². The predicted molar refractivity (Wildman–Crippen MR) is 78.9 cm³/mol. The number of carbonyl (C=O) groups excluding carboxylic acids is 1. The molecule has 6 heteroatoms. The van der Waals surface area contributed by atoms with Crippen molar-refractivity contribution in [2.45, 2.75) is 6.92 Å². The summed E-state index contributed by atoms with van der Waals surface area (Å²) < 4.78 is 0.893. The van der Waals surface area contributed by atoms with E-state index in [1.54, 1.807) is 12.1 Å².